The largest absolute Gasteiger partial charge is 0.359 e. The molecule has 0 radical (unpaired) electrons. The lowest BCUT2D eigenvalue weighted by Gasteiger charge is -2.43. The lowest BCUT2D eigenvalue weighted by Crippen LogP contribution is -2.57. The van der Waals surface area contributed by atoms with Crippen molar-refractivity contribution < 1.29 is 14.4 Å². The summed E-state index contributed by atoms with van der Waals surface area (Å²) >= 11 is 0. The first-order valence-electron chi connectivity index (χ1n) is 6.24. The Bertz CT molecular complexity index is 289. The lowest BCUT2D eigenvalue weighted by molar-refractivity contribution is -0.203. The molecule has 2 fully saturated rings. The number of amides is 1. The molecule has 1 saturated carbocycles. The summed E-state index contributed by atoms with van der Waals surface area (Å²) in [5.41, 5.74) is -0.0953. The second-order valence-electron chi connectivity index (χ2n) is 5.21. The van der Waals surface area contributed by atoms with Gasteiger partial charge in [0.15, 0.2) is 6.10 Å². The van der Waals surface area contributed by atoms with Crippen molar-refractivity contribution in [2.24, 2.45) is 0 Å². The van der Waals surface area contributed by atoms with Crippen LogP contribution in [-0.2, 0) is 14.4 Å². The molecule has 1 unspecified atom stereocenters. The normalized spacial score (nSPS) is 28.5. The van der Waals surface area contributed by atoms with Crippen molar-refractivity contribution in [3.8, 4) is 0 Å². The molecular weight excluding hydrogens is 220 g/mol. The highest BCUT2D eigenvalue weighted by Gasteiger charge is 2.44. The molecule has 2 aliphatic rings. The van der Waals surface area contributed by atoms with E-state index in [1.165, 1.54) is 25.0 Å². The monoisotopic (exact) mass is 242 g/mol. The molecule has 2 rings (SSSR count). The molecule has 1 aliphatic heterocycles. The maximum absolute atomic E-state index is 12.1. The van der Waals surface area contributed by atoms with E-state index >= 15 is 0 Å². The zero-order valence-corrected chi connectivity index (χ0v) is 10.9. The molecule has 1 heterocycles. The SMILES string of the molecule is CON(C)C(=O)C1CN(C)CC2(CCCC2)O1. The first-order valence-corrected chi connectivity index (χ1v) is 6.24. The number of nitrogens with zero attached hydrogens (tertiary/aromatic N) is 2. The van der Waals surface area contributed by atoms with Crippen LogP contribution < -0.4 is 0 Å². The van der Waals surface area contributed by atoms with Crippen LogP contribution in [0.4, 0.5) is 0 Å². The molecule has 5 nitrogen and oxygen atoms in total. The van der Waals surface area contributed by atoms with Gasteiger partial charge in [-0.15, -0.1) is 0 Å². The Balaban J connectivity index is 2.06. The average molecular weight is 242 g/mol. The van der Waals surface area contributed by atoms with Crippen LogP contribution in [0.1, 0.15) is 25.7 Å². The summed E-state index contributed by atoms with van der Waals surface area (Å²) in [5.74, 6) is -0.0923. The molecule has 98 valence electrons. The Morgan fingerprint density at radius 1 is 1.47 bits per heavy atom. The summed E-state index contributed by atoms with van der Waals surface area (Å²) in [5, 5.41) is 1.26. The molecule has 0 aromatic heterocycles. The molecule has 0 aromatic rings. The molecule has 1 amide bonds. The van der Waals surface area contributed by atoms with Gasteiger partial charge < -0.3 is 9.64 Å². The fourth-order valence-electron chi connectivity index (χ4n) is 2.93. The summed E-state index contributed by atoms with van der Waals surface area (Å²) in [7, 11) is 5.17. The van der Waals surface area contributed by atoms with Gasteiger partial charge in [0.05, 0.1) is 12.7 Å². The van der Waals surface area contributed by atoms with E-state index in [4.69, 9.17) is 9.57 Å². The number of hydroxylamine groups is 2. The summed E-state index contributed by atoms with van der Waals surface area (Å²) < 4.78 is 6.08. The molecule has 1 atom stereocenters. The Labute approximate surface area is 103 Å². The topological polar surface area (TPSA) is 42.0 Å². The van der Waals surface area contributed by atoms with E-state index in [-0.39, 0.29) is 11.5 Å². The number of morpholine rings is 1. The van der Waals surface area contributed by atoms with Gasteiger partial charge in [0.1, 0.15) is 0 Å². The third-order valence-electron chi connectivity index (χ3n) is 3.80. The van der Waals surface area contributed by atoms with E-state index in [2.05, 4.69) is 11.9 Å². The van der Waals surface area contributed by atoms with Crippen molar-refractivity contribution in [1.82, 2.24) is 9.96 Å². The van der Waals surface area contributed by atoms with Gasteiger partial charge in [-0.2, -0.15) is 0 Å². The molecule has 5 heteroatoms. The molecule has 1 aliphatic carbocycles. The van der Waals surface area contributed by atoms with Crippen molar-refractivity contribution in [2.75, 3.05) is 34.3 Å². The smallest absolute Gasteiger partial charge is 0.276 e. The van der Waals surface area contributed by atoms with E-state index in [9.17, 15) is 4.79 Å². The van der Waals surface area contributed by atoms with Crippen molar-refractivity contribution in [3.05, 3.63) is 0 Å². The Morgan fingerprint density at radius 2 is 2.12 bits per heavy atom. The van der Waals surface area contributed by atoms with Crippen molar-refractivity contribution in [3.63, 3.8) is 0 Å². The van der Waals surface area contributed by atoms with Crippen LogP contribution in [-0.4, -0.2) is 61.9 Å². The maximum atomic E-state index is 12.1. The van der Waals surface area contributed by atoms with E-state index in [0.717, 1.165) is 19.4 Å². The Morgan fingerprint density at radius 3 is 2.71 bits per heavy atom. The fourth-order valence-corrected chi connectivity index (χ4v) is 2.93. The predicted molar refractivity (Wildman–Crippen MR) is 63.3 cm³/mol. The number of carbonyl (C=O) groups is 1. The van der Waals surface area contributed by atoms with Gasteiger partial charge in [-0.25, -0.2) is 5.06 Å². The lowest BCUT2D eigenvalue weighted by atomic mass is 9.98. The van der Waals surface area contributed by atoms with Crippen LogP contribution in [0.5, 0.6) is 0 Å². The highest BCUT2D eigenvalue weighted by atomic mass is 16.7. The maximum Gasteiger partial charge on any atom is 0.276 e. The fraction of sp³-hybridized carbons (Fsp3) is 0.917. The summed E-state index contributed by atoms with van der Waals surface area (Å²) in [4.78, 5) is 19.2. The highest BCUT2D eigenvalue weighted by Crippen LogP contribution is 2.37. The Hall–Kier alpha value is -0.650. The van der Waals surface area contributed by atoms with E-state index < -0.39 is 6.10 Å². The first kappa shape index (κ1) is 12.8. The van der Waals surface area contributed by atoms with Gasteiger partial charge in [-0.05, 0) is 19.9 Å². The van der Waals surface area contributed by atoms with E-state index in [1.807, 2.05) is 0 Å². The highest BCUT2D eigenvalue weighted by molar-refractivity contribution is 5.80. The molecule has 0 bridgehead atoms. The van der Waals surface area contributed by atoms with Gasteiger partial charge in [-0.3, -0.25) is 9.63 Å². The number of ether oxygens (including phenoxy) is 1. The van der Waals surface area contributed by atoms with Crippen LogP contribution >= 0.6 is 0 Å². The van der Waals surface area contributed by atoms with Gasteiger partial charge in [0, 0.05) is 20.1 Å². The van der Waals surface area contributed by atoms with E-state index in [1.54, 1.807) is 7.05 Å². The van der Waals surface area contributed by atoms with Crippen molar-refractivity contribution in [1.29, 1.82) is 0 Å². The van der Waals surface area contributed by atoms with E-state index in [0.29, 0.717) is 6.54 Å². The van der Waals surface area contributed by atoms with Crippen LogP contribution in [0, 0.1) is 0 Å². The second-order valence-corrected chi connectivity index (χ2v) is 5.21. The third-order valence-corrected chi connectivity index (χ3v) is 3.80. The standard InChI is InChI=1S/C12H22N2O3/c1-13-8-10(11(15)14(2)16-3)17-12(9-13)6-4-5-7-12/h10H,4-9H2,1-3H3. The minimum absolute atomic E-state index is 0.0923. The first-order chi connectivity index (χ1) is 8.06. The summed E-state index contributed by atoms with van der Waals surface area (Å²) in [6.45, 7) is 1.59. The van der Waals surface area contributed by atoms with Gasteiger partial charge >= 0.3 is 0 Å². The minimum Gasteiger partial charge on any atom is -0.359 e. The molecular formula is C12H22N2O3. The average Bonchev–Trinajstić information content (AvgIpc) is 2.73. The number of rotatable bonds is 2. The summed E-state index contributed by atoms with van der Waals surface area (Å²) in [6.07, 6.45) is 4.15. The second kappa shape index (κ2) is 4.92. The van der Waals surface area contributed by atoms with Crippen molar-refractivity contribution >= 4 is 5.91 Å². The minimum atomic E-state index is -0.392. The number of hydrogen-bond acceptors (Lipinski definition) is 4. The van der Waals surface area contributed by atoms with Crippen molar-refractivity contribution in [2.45, 2.75) is 37.4 Å². The zero-order chi connectivity index (χ0) is 12.5. The molecule has 1 spiro atoms. The van der Waals surface area contributed by atoms with Gasteiger partial charge in [0.2, 0.25) is 0 Å². The zero-order valence-electron chi connectivity index (χ0n) is 10.9. The Kier molecular flexibility index (Phi) is 3.70. The number of carbonyl (C=O) groups excluding carboxylic acids is 1. The van der Waals surface area contributed by atoms with Gasteiger partial charge in [0.25, 0.3) is 5.91 Å². The van der Waals surface area contributed by atoms with Gasteiger partial charge in [-0.1, -0.05) is 12.8 Å². The molecule has 0 aromatic carbocycles. The molecule has 1 saturated heterocycles. The summed E-state index contributed by atoms with van der Waals surface area (Å²) in [6, 6.07) is 0. The van der Waals surface area contributed by atoms with Crippen LogP contribution in [0.25, 0.3) is 0 Å². The molecule has 17 heavy (non-hydrogen) atoms. The molecule has 0 N–H and O–H groups in total. The number of hydrogen-bond donors (Lipinski definition) is 0. The predicted octanol–water partition coefficient (Wildman–Crippen LogP) is 0.650. The third kappa shape index (κ3) is 2.61. The quantitative estimate of drug-likeness (QED) is 0.667. The van der Waals surface area contributed by atoms with Crippen LogP contribution in [0.3, 0.4) is 0 Å². The number of likely N-dealkylation sites (N-methyl/N-ethyl adjacent to an activating group) is 2. The van der Waals surface area contributed by atoms with Crippen LogP contribution in [0.2, 0.25) is 0 Å². The van der Waals surface area contributed by atoms with Crippen LogP contribution in [0.15, 0.2) is 0 Å².